The van der Waals surface area contributed by atoms with Crippen molar-refractivity contribution in [2.24, 2.45) is 0 Å². The van der Waals surface area contributed by atoms with Crippen molar-refractivity contribution < 1.29 is 0 Å². The standard InChI is InChI=1S/C30H31N/c1-23(27-11-5-3-6-12-27)20-25-16-18-29(19-17-25)31-30-15-9-10-26(22-30)21-24(2)28-13-7-4-8-14-28/h3-19,22-24,31H,20-21H2,1-2H3. The van der Waals surface area contributed by atoms with E-state index in [4.69, 9.17) is 0 Å². The molecule has 0 heterocycles. The Labute approximate surface area is 186 Å². The molecule has 4 aromatic carbocycles. The Morgan fingerprint density at radius 3 is 1.65 bits per heavy atom. The fraction of sp³-hybridized carbons (Fsp3) is 0.200. The molecule has 2 atom stereocenters. The van der Waals surface area contributed by atoms with Gasteiger partial charge in [-0.05, 0) is 71.2 Å². The van der Waals surface area contributed by atoms with E-state index >= 15 is 0 Å². The molecule has 0 aromatic heterocycles. The second-order valence-corrected chi connectivity index (χ2v) is 8.55. The molecule has 0 spiro atoms. The van der Waals surface area contributed by atoms with Crippen molar-refractivity contribution in [1.29, 1.82) is 0 Å². The summed E-state index contributed by atoms with van der Waals surface area (Å²) in [5, 5.41) is 3.57. The zero-order valence-electron chi connectivity index (χ0n) is 18.5. The monoisotopic (exact) mass is 405 g/mol. The van der Waals surface area contributed by atoms with Crippen LogP contribution < -0.4 is 5.32 Å². The molecule has 0 radical (unpaired) electrons. The molecule has 2 unspecified atom stereocenters. The van der Waals surface area contributed by atoms with Gasteiger partial charge in [0, 0.05) is 11.4 Å². The lowest BCUT2D eigenvalue weighted by Gasteiger charge is -2.14. The van der Waals surface area contributed by atoms with Crippen molar-refractivity contribution in [3.05, 3.63) is 131 Å². The van der Waals surface area contributed by atoms with Crippen molar-refractivity contribution >= 4 is 11.4 Å². The third-order valence-electron chi connectivity index (χ3n) is 5.99. The fourth-order valence-corrected chi connectivity index (χ4v) is 4.17. The molecule has 31 heavy (non-hydrogen) atoms. The van der Waals surface area contributed by atoms with Crippen molar-refractivity contribution in [3.8, 4) is 0 Å². The summed E-state index contributed by atoms with van der Waals surface area (Å²) < 4.78 is 0. The molecule has 0 fully saturated rings. The van der Waals surface area contributed by atoms with Crippen LogP contribution in [-0.2, 0) is 12.8 Å². The van der Waals surface area contributed by atoms with E-state index in [-0.39, 0.29) is 0 Å². The second-order valence-electron chi connectivity index (χ2n) is 8.55. The zero-order chi connectivity index (χ0) is 21.5. The van der Waals surface area contributed by atoms with E-state index in [0.717, 1.165) is 24.2 Å². The number of benzene rings is 4. The van der Waals surface area contributed by atoms with Crippen molar-refractivity contribution in [2.45, 2.75) is 38.5 Å². The van der Waals surface area contributed by atoms with E-state index < -0.39 is 0 Å². The first-order chi connectivity index (χ1) is 15.2. The number of rotatable bonds is 8. The topological polar surface area (TPSA) is 12.0 Å². The van der Waals surface area contributed by atoms with Crippen molar-refractivity contribution in [3.63, 3.8) is 0 Å². The van der Waals surface area contributed by atoms with Gasteiger partial charge < -0.3 is 5.32 Å². The lowest BCUT2D eigenvalue weighted by atomic mass is 9.93. The van der Waals surface area contributed by atoms with Gasteiger partial charge >= 0.3 is 0 Å². The van der Waals surface area contributed by atoms with Crippen LogP contribution >= 0.6 is 0 Å². The van der Waals surface area contributed by atoms with Crippen LogP contribution in [0, 0.1) is 0 Å². The largest absolute Gasteiger partial charge is 0.356 e. The summed E-state index contributed by atoms with van der Waals surface area (Å²) in [6.45, 7) is 4.59. The summed E-state index contributed by atoms with van der Waals surface area (Å²) >= 11 is 0. The predicted molar refractivity (Wildman–Crippen MR) is 133 cm³/mol. The van der Waals surface area contributed by atoms with Gasteiger partial charge in [0.25, 0.3) is 0 Å². The molecule has 0 aliphatic heterocycles. The molecular weight excluding hydrogens is 374 g/mol. The highest BCUT2D eigenvalue weighted by molar-refractivity contribution is 5.60. The number of anilines is 2. The highest BCUT2D eigenvalue weighted by Crippen LogP contribution is 2.25. The smallest absolute Gasteiger partial charge is 0.0386 e. The van der Waals surface area contributed by atoms with E-state index in [2.05, 4.69) is 128 Å². The van der Waals surface area contributed by atoms with Crippen LogP contribution in [-0.4, -0.2) is 0 Å². The molecular formula is C30H31N. The van der Waals surface area contributed by atoms with Crippen LogP contribution in [0.15, 0.2) is 109 Å². The fourth-order valence-electron chi connectivity index (χ4n) is 4.17. The maximum atomic E-state index is 3.57. The Bertz CT molecular complexity index is 1070. The molecule has 0 amide bonds. The third-order valence-corrected chi connectivity index (χ3v) is 5.99. The van der Waals surface area contributed by atoms with Gasteiger partial charge in [0.2, 0.25) is 0 Å². The van der Waals surface area contributed by atoms with Crippen LogP contribution in [0.1, 0.15) is 47.9 Å². The van der Waals surface area contributed by atoms with Gasteiger partial charge in [-0.25, -0.2) is 0 Å². The quantitative estimate of drug-likeness (QED) is 0.312. The van der Waals surface area contributed by atoms with Gasteiger partial charge in [0.05, 0.1) is 0 Å². The van der Waals surface area contributed by atoms with Gasteiger partial charge in [0.1, 0.15) is 0 Å². The summed E-state index contributed by atoms with van der Waals surface area (Å²) in [6.07, 6.45) is 2.09. The van der Waals surface area contributed by atoms with Crippen molar-refractivity contribution in [1.82, 2.24) is 0 Å². The summed E-state index contributed by atoms with van der Waals surface area (Å²) in [5.74, 6) is 1.02. The van der Waals surface area contributed by atoms with E-state index in [1.54, 1.807) is 0 Å². The molecule has 1 nitrogen and oxygen atoms in total. The SMILES string of the molecule is CC(Cc1ccc(Nc2cccc(CC(C)c3ccccc3)c2)cc1)c1ccccc1. The first-order valence-corrected chi connectivity index (χ1v) is 11.2. The minimum absolute atomic E-state index is 0.502. The molecule has 1 N–H and O–H groups in total. The summed E-state index contributed by atoms with van der Waals surface area (Å²) in [4.78, 5) is 0. The van der Waals surface area contributed by atoms with Crippen molar-refractivity contribution in [2.75, 3.05) is 5.32 Å². The summed E-state index contributed by atoms with van der Waals surface area (Å²) in [5.41, 5.74) is 7.78. The number of hydrogen-bond donors (Lipinski definition) is 1. The van der Waals surface area contributed by atoms with Gasteiger partial charge in [-0.15, -0.1) is 0 Å². The number of nitrogens with one attached hydrogen (secondary N) is 1. The van der Waals surface area contributed by atoms with E-state index in [0.29, 0.717) is 11.8 Å². The Hall–Kier alpha value is -3.32. The molecule has 0 aliphatic rings. The van der Waals surface area contributed by atoms with Crippen LogP contribution in [0.3, 0.4) is 0 Å². The molecule has 4 rings (SSSR count). The van der Waals surface area contributed by atoms with Crippen LogP contribution in [0.2, 0.25) is 0 Å². The molecule has 0 saturated heterocycles. The Morgan fingerprint density at radius 1 is 0.516 bits per heavy atom. The van der Waals surface area contributed by atoms with Gasteiger partial charge in [0.15, 0.2) is 0 Å². The average Bonchev–Trinajstić information content (AvgIpc) is 2.82. The first kappa shape index (κ1) is 20.9. The number of hydrogen-bond acceptors (Lipinski definition) is 1. The molecule has 0 aliphatic carbocycles. The Balaban J connectivity index is 1.37. The Morgan fingerprint density at radius 2 is 1.06 bits per heavy atom. The Kier molecular flexibility index (Phi) is 6.84. The van der Waals surface area contributed by atoms with Gasteiger partial charge in [-0.1, -0.05) is 98.8 Å². The summed E-state index contributed by atoms with van der Waals surface area (Å²) in [7, 11) is 0. The predicted octanol–water partition coefficient (Wildman–Crippen LogP) is 8.12. The molecule has 0 bridgehead atoms. The van der Waals surface area contributed by atoms with Crippen LogP contribution in [0.25, 0.3) is 0 Å². The van der Waals surface area contributed by atoms with Crippen LogP contribution in [0.5, 0.6) is 0 Å². The van der Waals surface area contributed by atoms with E-state index in [9.17, 15) is 0 Å². The second kappa shape index (κ2) is 10.1. The summed E-state index contributed by atoms with van der Waals surface area (Å²) in [6, 6.07) is 39.1. The molecule has 0 saturated carbocycles. The minimum Gasteiger partial charge on any atom is -0.356 e. The maximum Gasteiger partial charge on any atom is 0.0386 e. The average molecular weight is 406 g/mol. The van der Waals surface area contributed by atoms with Gasteiger partial charge in [-0.2, -0.15) is 0 Å². The zero-order valence-corrected chi connectivity index (χ0v) is 18.5. The van der Waals surface area contributed by atoms with Crippen LogP contribution in [0.4, 0.5) is 11.4 Å². The van der Waals surface area contributed by atoms with E-state index in [1.807, 2.05) is 0 Å². The minimum atomic E-state index is 0.502. The first-order valence-electron chi connectivity index (χ1n) is 11.2. The lowest BCUT2D eigenvalue weighted by Crippen LogP contribution is -2.00. The molecule has 4 aromatic rings. The van der Waals surface area contributed by atoms with E-state index in [1.165, 1.54) is 22.3 Å². The maximum absolute atomic E-state index is 3.57. The highest BCUT2D eigenvalue weighted by atomic mass is 14.9. The highest BCUT2D eigenvalue weighted by Gasteiger charge is 2.08. The third kappa shape index (κ3) is 5.86. The lowest BCUT2D eigenvalue weighted by molar-refractivity contribution is 0.759. The normalized spacial score (nSPS) is 12.8. The van der Waals surface area contributed by atoms with Gasteiger partial charge in [-0.3, -0.25) is 0 Å². The molecule has 156 valence electrons. The molecule has 1 heteroatoms.